The van der Waals surface area contributed by atoms with E-state index in [0.29, 0.717) is 6.42 Å². The molecule has 1 aliphatic rings. The van der Waals surface area contributed by atoms with E-state index < -0.39 is 49.5 Å². The Morgan fingerprint density at radius 1 is 0.378 bits per heavy atom. The molecule has 7 unspecified atom stereocenters. The third kappa shape index (κ3) is 57.1. The number of carbonyl (C=O) groups excluding carboxylic acids is 1. The summed E-state index contributed by atoms with van der Waals surface area (Å²) in [4.78, 5) is 13.2. The van der Waals surface area contributed by atoms with Crippen LogP contribution < -0.4 is 5.32 Å². The summed E-state index contributed by atoms with van der Waals surface area (Å²) in [5.41, 5.74) is 0. The molecule has 9 heteroatoms. The minimum absolute atomic E-state index is 0.185. The highest BCUT2D eigenvalue weighted by atomic mass is 16.7. The first kappa shape index (κ1) is 85.6. The molecule has 1 aliphatic heterocycles. The Morgan fingerprint density at radius 3 is 1.01 bits per heavy atom. The maximum absolute atomic E-state index is 13.2. The van der Waals surface area contributed by atoms with Gasteiger partial charge in [-0.3, -0.25) is 4.79 Å². The van der Waals surface area contributed by atoms with Crippen LogP contribution in [-0.2, 0) is 14.3 Å². The average Bonchev–Trinajstić information content (AvgIpc) is 1.28. The summed E-state index contributed by atoms with van der Waals surface area (Å²) in [7, 11) is 0. The number of unbranched alkanes of at least 4 members (excludes halogenated alkanes) is 49. The van der Waals surface area contributed by atoms with Crippen molar-refractivity contribution in [2.24, 2.45) is 0 Å². The Morgan fingerprint density at radius 2 is 0.667 bits per heavy atom. The summed E-state index contributed by atoms with van der Waals surface area (Å²) >= 11 is 0. The minimum Gasteiger partial charge on any atom is -0.394 e. The van der Waals surface area contributed by atoms with Crippen molar-refractivity contribution in [3.8, 4) is 0 Å². The molecular formula is C81H149NO8. The van der Waals surface area contributed by atoms with Crippen LogP contribution in [-0.4, -0.2) is 87.5 Å². The van der Waals surface area contributed by atoms with Crippen LogP contribution in [0.5, 0.6) is 0 Å². The first-order valence-electron chi connectivity index (χ1n) is 39.2. The Kier molecular flexibility index (Phi) is 66.1. The second-order valence-corrected chi connectivity index (χ2v) is 27.1. The number of allylic oxidation sites excluding steroid dienone is 11. The molecule has 6 N–H and O–H groups in total. The summed E-state index contributed by atoms with van der Waals surface area (Å²) in [5, 5.41) is 54.8. The van der Waals surface area contributed by atoms with E-state index in [9.17, 15) is 30.3 Å². The second kappa shape index (κ2) is 69.5. The van der Waals surface area contributed by atoms with E-state index in [-0.39, 0.29) is 12.5 Å². The van der Waals surface area contributed by atoms with Crippen molar-refractivity contribution >= 4 is 5.91 Å². The van der Waals surface area contributed by atoms with Gasteiger partial charge in [-0.05, 0) is 83.5 Å². The lowest BCUT2D eigenvalue weighted by Gasteiger charge is -2.40. The maximum atomic E-state index is 13.2. The lowest BCUT2D eigenvalue weighted by atomic mass is 9.99. The molecule has 0 aromatic carbocycles. The van der Waals surface area contributed by atoms with Crippen molar-refractivity contribution in [1.82, 2.24) is 5.32 Å². The van der Waals surface area contributed by atoms with Crippen LogP contribution in [0.25, 0.3) is 0 Å². The van der Waals surface area contributed by atoms with Gasteiger partial charge in [-0.15, -0.1) is 0 Å². The number of amides is 1. The number of carbonyl (C=O) groups is 1. The first-order chi connectivity index (χ1) is 44.3. The molecule has 90 heavy (non-hydrogen) atoms. The summed E-state index contributed by atoms with van der Waals surface area (Å²) in [6.45, 7) is 3.79. The van der Waals surface area contributed by atoms with Gasteiger partial charge in [0.25, 0.3) is 0 Å². The largest absolute Gasteiger partial charge is 0.394 e. The van der Waals surface area contributed by atoms with Crippen LogP contribution in [0, 0.1) is 0 Å². The van der Waals surface area contributed by atoms with Crippen molar-refractivity contribution in [3.63, 3.8) is 0 Å². The SMILES string of the molecule is CCCCCCC/C=C\C/C=C\C/C=C\CCCCCCCCCCCCCCCCCCCCCCCCC(=O)NC(COC1OC(CO)C(O)C(O)C1O)C(O)/C=C/CC/C=C/CC/C=C/CCCCCCCCCCCCCCCCCCCCCC. The normalized spacial score (nSPS) is 18.1. The standard InChI is InChI=1S/C81H149NO8/c1-3-5-7-9-11-13-15-17-19-21-23-25-27-29-31-33-35-36-37-38-39-40-41-43-45-47-49-51-53-55-57-59-61-63-65-67-69-71-77(85)82-74(73-89-81-80(88)79(87)78(86)76(72-83)90-81)75(84)70-68-66-64-62-60-58-56-54-52-50-48-46-44-42-34-32-30-28-26-24-22-20-18-16-14-12-10-8-6-4-2/h15,17,21,23,27,29,52,54,60,62,68,70,74-76,78-81,83-84,86-88H,3-14,16,18-20,22,24-26,28,30-51,53,55-59,61,63-67,69,71-73H2,1-2H3,(H,82,85)/b17-15-,23-21-,29-27-,54-52+,62-60+,70-68+. The summed E-state index contributed by atoms with van der Waals surface area (Å²) in [5.74, 6) is -0.185. The Labute approximate surface area is 557 Å². The fourth-order valence-corrected chi connectivity index (χ4v) is 12.4. The van der Waals surface area contributed by atoms with E-state index in [2.05, 4.69) is 79.9 Å². The van der Waals surface area contributed by atoms with Gasteiger partial charge in [-0.2, -0.15) is 0 Å². The van der Waals surface area contributed by atoms with Crippen molar-refractivity contribution in [2.75, 3.05) is 13.2 Å². The topological polar surface area (TPSA) is 149 Å². The molecule has 0 aromatic heterocycles. The summed E-state index contributed by atoms with van der Waals surface area (Å²) < 4.78 is 11.3. The Bertz CT molecular complexity index is 1660. The minimum atomic E-state index is -1.58. The van der Waals surface area contributed by atoms with Gasteiger partial charge in [-0.1, -0.05) is 363 Å². The zero-order chi connectivity index (χ0) is 64.9. The highest BCUT2D eigenvalue weighted by Gasteiger charge is 2.44. The smallest absolute Gasteiger partial charge is 0.220 e. The number of aliphatic hydroxyl groups excluding tert-OH is 5. The highest BCUT2D eigenvalue weighted by molar-refractivity contribution is 5.76. The second-order valence-electron chi connectivity index (χ2n) is 27.1. The zero-order valence-electron chi connectivity index (χ0n) is 59.1. The molecule has 9 nitrogen and oxygen atoms in total. The maximum Gasteiger partial charge on any atom is 0.220 e. The lowest BCUT2D eigenvalue weighted by Crippen LogP contribution is -2.60. The number of hydrogen-bond donors (Lipinski definition) is 6. The summed E-state index contributed by atoms with van der Waals surface area (Å²) in [6.07, 6.45) is 91.9. The van der Waals surface area contributed by atoms with Crippen molar-refractivity contribution in [3.05, 3.63) is 72.9 Å². The van der Waals surface area contributed by atoms with Crippen LogP contribution in [0.3, 0.4) is 0 Å². The average molecular weight is 1270 g/mol. The van der Waals surface area contributed by atoms with Gasteiger partial charge in [-0.25, -0.2) is 0 Å². The molecule has 1 saturated heterocycles. The molecule has 0 spiro atoms. The van der Waals surface area contributed by atoms with E-state index in [4.69, 9.17) is 9.47 Å². The van der Waals surface area contributed by atoms with Gasteiger partial charge in [0.15, 0.2) is 6.29 Å². The van der Waals surface area contributed by atoms with Crippen LogP contribution in [0.2, 0.25) is 0 Å². The molecule has 7 atom stereocenters. The lowest BCUT2D eigenvalue weighted by molar-refractivity contribution is -0.302. The number of ether oxygens (including phenoxy) is 2. The number of aliphatic hydroxyl groups is 5. The summed E-state index contributed by atoms with van der Waals surface area (Å²) in [6, 6.07) is -0.832. The van der Waals surface area contributed by atoms with Crippen LogP contribution >= 0.6 is 0 Å². The van der Waals surface area contributed by atoms with E-state index in [0.717, 1.165) is 57.8 Å². The fourth-order valence-electron chi connectivity index (χ4n) is 12.4. The number of rotatable bonds is 69. The third-order valence-electron chi connectivity index (χ3n) is 18.5. The predicted octanol–water partition coefficient (Wildman–Crippen LogP) is 22.3. The molecular weight excluding hydrogens is 1110 g/mol. The van der Waals surface area contributed by atoms with Gasteiger partial charge < -0.3 is 40.3 Å². The van der Waals surface area contributed by atoms with Crippen molar-refractivity contribution < 1.29 is 39.8 Å². The molecule has 1 rings (SSSR count). The predicted molar refractivity (Wildman–Crippen MR) is 387 cm³/mol. The third-order valence-corrected chi connectivity index (χ3v) is 18.5. The van der Waals surface area contributed by atoms with Crippen LogP contribution in [0.1, 0.15) is 380 Å². The molecule has 1 fully saturated rings. The van der Waals surface area contributed by atoms with Gasteiger partial charge in [0.1, 0.15) is 24.4 Å². The van der Waals surface area contributed by atoms with Gasteiger partial charge in [0.05, 0.1) is 25.4 Å². The molecule has 1 heterocycles. The van der Waals surface area contributed by atoms with E-state index in [1.54, 1.807) is 6.08 Å². The molecule has 0 aliphatic carbocycles. The van der Waals surface area contributed by atoms with E-state index in [1.165, 1.54) is 302 Å². The van der Waals surface area contributed by atoms with Gasteiger partial charge >= 0.3 is 0 Å². The van der Waals surface area contributed by atoms with Crippen molar-refractivity contribution in [2.45, 2.75) is 423 Å². The highest BCUT2D eigenvalue weighted by Crippen LogP contribution is 2.24. The molecule has 1 amide bonds. The quantitative estimate of drug-likeness (QED) is 0.0261. The van der Waals surface area contributed by atoms with Crippen LogP contribution in [0.4, 0.5) is 0 Å². The molecule has 0 saturated carbocycles. The van der Waals surface area contributed by atoms with E-state index in [1.807, 2.05) is 6.08 Å². The Hall–Kier alpha value is -2.37. The molecule has 526 valence electrons. The van der Waals surface area contributed by atoms with Gasteiger partial charge in [0, 0.05) is 6.42 Å². The molecule has 0 aromatic rings. The molecule has 0 bridgehead atoms. The first-order valence-corrected chi connectivity index (χ1v) is 39.2. The monoisotopic (exact) mass is 1260 g/mol. The van der Waals surface area contributed by atoms with Crippen LogP contribution in [0.15, 0.2) is 72.9 Å². The van der Waals surface area contributed by atoms with Gasteiger partial charge in [0.2, 0.25) is 5.91 Å². The number of hydrogen-bond acceptors (Lipinski definition) is 8. The van der Waals surface area contributed by atoms with E-state index >= 15 is 0 Å². The number of nitrogens with one attached hydrogen (secondary N) is 1. The molecule has 0 radical (unpaired) electrons. The zero-order valence-corrected chi connectivity index (χ0v) is 59.1. The Balaban J connectivity index is 2.10. The van der Waals surface area contributed by atoms with Crippen molar-refractivity contribution in [1.29, 1.82) is 0 Å². The fraction of sp³-hybridized carbons (Fsp3) is 0.840.